The number of nitrogens with zero attached hydrogens (tertiary/aromatic N) is 1. The number of hydrogen-bond donors (Lipinski definition) is 1. The Balaban J connectivity index is 1.87. The van der Waals surface area contributed by atoms with Gasteiger partial charge in [0.05, 0.1) is 10.7 Å². The average Bonchev–Trinajstić information content (AvgIpc) is 2.84. The molecule has 2 atom stereocenters. The number of aromatic nitrogens is 1. The van der Waals surface area contributed by atoms with E-state index in [9.17, 15) is 0 Å². The molecular weight excluding hydrogens is 236 g/mol. The van der Waals surface area contributed by atoms with E-state index in [-0.39, 0.29) is 0 Å². The van der Waals surface area contributed by atoms with E-state index in [0.717, 1.165) is 12.5 Å². The normalized spacial score (nSPS) is 22.6. The first-order valence-corrected chi connectivity index (χ1v) is 7.89. The summed E-state index contributed by atoms with van der Waals surface area (Å²) in [4.78, 5) is 5.97. The third kappa shape index (κ3) is 2.99. The summed E-state index contributed by atoms with van der Waals surface area (Å²) in [7, 11) is 0. The summed E-state index contributed by atoms with van der Waals surface area (Å²) in [6.07, 6.45) is 1.37. The fraction of sp³-hybridized carbons (Fsp3) is 0.750. The monoisotopic (exact) mass is 256 g/mol. The summed E-state index contributed by atoms with van der Waals surface area (Å²) in [5.41, 5.74) is 1.24. The largest absolute Gasteiger partial charge is 0.309 e. The molecule has 1 N–H and O–H groups in total. The highest BCUT2D eigenvalue weighted by molar-refractivity contribution is 7.99. The van der Waals surface area contributed by atoms with Crippen molar-refractivity contribution in [2.75, 3.05) is 18.1 Å². The molecule has 90 valence electrons. The van der Waals surface area contributed by atoms with Gasteiger partial charge in [0.1, 0.15) is 0 Å². The maximum atomic E-state index is 4.61. The van der Waals surface area contributed by atoms with Gasteiger partial charge in [-0.05, 0) is 51.2 Å². The van der Waals surface area contributed by atoms with Gasteiger partial charge in [0.25, 0.3) is 0 Å². The number of nitrogens with one attached hydrogen (secondary N) is 1. The van der Waals surface area contributed by atoms with Gasteiger partial charge in [0.15, 0.2) is 0 Å². The second kappa shape index (κ2) is 5.52. The van der Waals surface area contributed by atoms with Crippen LogP contribution in [0.5, 0.6) is 0 Å². The van der Waals surface area contributed by atoms with E-state index in [1.54, 1.807) is 11.3 Å². The molecule has 0 aromatic carbocycles. The van der Waals surface area contributed by atoms with E-state index < -0.39 is 0 Å². The molecule has 1 aliphatic heterocycles. The van der Waals surface area contributed by atoms with Gasteiger partial charge in [0.2, 0.25) is 0 Å². The van der Waals surface area contributed by atoms with Gasteiger partial charge in [-0.25, -0.2) is 4.98 Å². The van der Waals surface area contributed by atoms with Crippen molar-refractivity contribution in [1.29, 1.82) is 0 Å². The maximum absolute atomic E-state index is 4.61. The molecule has 1 aliphatic rings. The topological polar surface area (TPSA) is 24.9 Å². The van der Waals surface area contributed by atoms with Crippen LogP contribution < -0.4 is 5.32 Å². The smallest absolute Gasteiger partial charge is 0.0900 e. The Labute approximate surface area is 106 Å². The van der Waals surface area contributed by atoms with Gasteiger partial charge in [-0.2, -0.15) is 11.8 Å². The van der Waals surface area contributed by atoms with Crippen molar-refractivity contribution < 1.29 is 0 Å². The van der Waals surface area contributed by atoms with Gasteiger partial charge in [0, 0.05) is 10.9 Å². The Morgan fingerprint density at radius 1 is 1.50 bits per heavy atom. The van der Waals surface area contributed by atoms with Gasteiger partial charge in [-0.1, -0.05) is 0 Å². The molecule has 1 saturated heterocycles. The molecule has 1 aromatic rings. The van der Waals surface area contributed by atoms with Crippen molar-refractivity contribution in [2.24, 2.45) is 5.92 Å². The van der Waals surface area contributed by atoms with Crippen LogP contribution in [0.1, 0.15) is 35.0 Å². The molecule has 0 bridgehead atoms. The van der Waals surface area contributed by atoms with Gasteiger partial charge < -0.3 is 5.32 Å². The van der Waals surface area contributed by atoms with Crippen molar-refractivity contribution in [1.82, 2.24) is 10.3 Å². The Morgan fingerprint density at radius 2 is 2.31 bits per heavy atom. The highest BCUT2D eigenvalue weighted by Gasteiger charge is 2.18. The minimum Gasteiger partial charge on any atom is -0.309 e. The van der Waals surface area contributed by atoms with Crippen LogP contribution >= 0.6 is 23.1 Å². The van der Waals surface area contributed by atoms with Crippen molar-refractivity contribution in [2.45, 2.75) is 33.2 Å². The number of rotatable bonds is 4. The van der Waals surface area contributed by atoms with Gasteiger partial charge >= 0.3 is 0 Å². The molecule has 0 saturated carbocycles. The third-order valence-electron chi connectivity index (χ3n) is 3.09. The van der Waals surface area contributed by atoms with Crippen molar-refractivity contribution in [3.8, 4) is 0 Å². The third-order valence-corrected chi connectivity index (χ3v) is 5.22. The van der Waals surface area contributed by atoms with E-state index in [1.165, 1.54) is 33.5 Å². The van der Waals surface area contributed by atoms with E-state index in [2.05, 4.69) is 42.8 Å². The van der Waals surface area contributed by atoms with Gasteiger partial charge in [-0.3, -0.25) is 0 Å². The van der Waals surface area contributed by atoms with Crippen LogP contribution in [0.3, 0.4) is 0 Å². The predicted octanol–water partition coefficient (Wildman–Crippen LogP) is 3.16. The molecule has 16 heavy (non-hydrogen) atoms. The zero-order chi connectivity index (χ0) is 11.5. The Hall–Kier alpha value is -0.0600. The molecule has 0 aliphatic carbocycles. The lowest BCUT2D eigenvalue weighted by molar-refractivity contribution is 0.472. The summed E-state index contributed by atoms with van der Waals surface area (Å²) in [5, 5.41) is 4.80. The highest BCUT2D eigenvalue weighted by atomic mass is 32.2. The summed E-state index contributed by atoms with van der Waals surface area (Å²) in [5.74, 6) is 3.54. The molecule has 2 rings (SSSR count). The maximum Gasteiger partial charge on any atom is 0.0900 e. The number of aryl methyl sites for hydroxylation is 2. The SMILES string of the molecule is Cc1nc(C(C)NCC2CCSC2)c(C)s1. The molecule has 1 aromatic heterocycles. The van der Waals surface area contributed by atoms with E-state index in [1.807, 2.05) is 0 Å². The molecule has 0 amide bonds. The second-order valence-corrected chi connectivity index (χ2v) is 7.09. The predicted molar refractivity (Wildman–Crippen MR) is 73.4 cm³/mol. The van der Waals surface area contributed by atoms with Crippen molar-refractivity contribution >= 4 is 23.1 Å². The van der Waals surface area contributed by atoms with Crippen LogP contribution in [0.2, 0.25) is 0 Å². The lowest BCUT2D eigenvalue weighted by Gasteiger charge is -2.15. The Morgan fingerprint density at radius 3 is 2.88 bits per heavy atom. The zero-order valence-electron chi connectivity index (χ0n) is 10.2. The van der Waals surface area contributed by atoms with Crippen LogP contribution in [0.25, 0.3) is 0 Å². The van der Waals surface area contributed by atoms with Crippen LogP contribution in [0.4, 0.5) is 0 Å². The summed E-state index contributed by atoms with van der Waals surface area (Å²) in [6, 6.07) is 0.399. The lowest BCUT2D eigenvalue weighted by atomic mass is 10.1. The molecule has 0 spiro atoms. The Kier molecular flexibility index (Phi) is 4.27. The minimum atomic E-state index is 0.399. The second-order valence-electron chi connectivity index (χ2n) is 4.53. The fourth-order valence-corrected chi connectivity index (χ4v) is 4.33. The van der Waals surface area contributed by atoms with E-state index in [4.69, 9.17) is 0 Å². The Bertz CT molecular complexity index is 343. The molecule has 1 fully saturated rings. The van der Waals surface area contributed by atoms with E-state index >= 15 is 0 Å². The molecular formula is C12H20N2S2. The van der Waals surface area contributed by atoms with Crippen molar-refractivity contribution in [3.63, 3.8) is 0 Å². The first kappa shape index (κ1) is 12.4. The zero-order valence-corrected chi connectivity index (χ0v) is 11.9. The lowest BCUT2D eigenvalue weighted by Crippen LogP contribution is -2.26. The van der Waals surface area contributed by atoms with Crippen molar-refractivity contribution in [3.05, 3.63) is 15.6 Å². The highest BCUT2D eigenvalue weighted by Crippen LogP contribution is 2.25. The fourth-order valence-electron chi connectivity index (χ4n) is 2.13. The quantitative estimate of drug-likeness (QED) is 0.895. The number of hydrogen-bond acceptors (Lipinski definition) is 4. The van der Waals surface area contributed by atoms with Crippen LogP contribution in [-0.4, -0.2) is 23.0 Å². The van der Waals surface area contributed by atoms with Crippen LogP contribution in [0.15, 0.2) is 0 Å². The van der Waals surface area contributed by atoms with Crippen LogP contribution in [-0.2, 0) is 0 Å². The average molecular weight is 256 g/mol. The first-order valence-electron chi connectivity index (χ1n) is 5.92. The van der Waals surface area contributed by atoms with E-state index in [0.29, 0.717) is 6.04 Å². The van der Waals surface area contributed by atoms with Gasteiger partial charge in [-0.15, -0.1) is 11.3 Å². The van der Waals surface area contributed by atoms with Crippen LogP contribution in [0, 0.1) is 19.8 Å². The summed E-state index contributed by atoms with van der Waals surface area (Å²) in [6.45, 7) is 7.62. The molecule has 2 nitrogen and oxygen atoms in total. The summed E-state index contributed by atoms with van der Waals surface area (Å²) < 4.78 is 0. The summed E-state index contributed by atoms with van der Waals surface area (Å²) >= 11 is 3.88. The molecule has 2 unspecified atom stereocenters. The number of thioether (sulfide) groups is 1. The molecule has 4 heteroatoms. The minimum absolute atomic E-state index is 0.399. The standard InChI is InChI=1S/C12H20N2S2/c1-8(12-9(2)16-10(3)14-12)13-6-11-4-5-15-7-11/h8,11,13H,4-7H2,1-3H3. The first-order chi connectivity index (χ1) is 7.66. The molecule has 2 heterocycles. The number of thiazole rings is 1. The molecule has 0 radical (unpaired) electrons.